The summed E-state index contributed by atoms with van der Waals surface area (Å²) in [7, 11) is 5.77. The molecule has 1 heterocycles. The van der Waals surface area contributed by atoms with Crippen LogP contribution < -0.4 is 0 Å². The van der Waals surface area contributed by atoms with Crippen molar-refractivity contribution in [1.29, 1.82) is 5.26 Å². The van der Waals surface area contributed by atoms with Gasteiger partial charge in [-0.1, -0.05) is 18.2 Å². The summed E-state index contributed by atoms with van der Waals surface area (Å²) in [5.74, 6) is 0. The van der Waals surface area contributed by atoms with Gasteiger partial charge in [0.05, 0.1) is 11.6 Å². The first-order valence-electron chi connectivity index (χ1n) is 5.49. The van der Waals surface area contributed by atoms with Crippen LogP contribution in [0, 0.1) is 11.3 Å². The Morgan fingerprint density at radius 1 is 1.25 bits per heavy atom. The van der Waals surface area contributed by atoms with E-state index < -0.39 is 0 Å². The van der Waals surface area contributed by atoms with Crippen molar-refractivity contribution in [3.05, 3.63) is 41.5 Å². The summed E-state index contributed by atoms with van der Waals surface area (Å²) in [6.07, 6.45) is 4.32. The van der Waals surface area contributed by atoms with Gasteiger partial charge in [0.2, 0.25) is 0 Å². The van der Waals surface area contributed by atoms with E-state index in [0.717, 1.165) is 25.9 Å². The predicted octanol–water partition coefficient (Wildman–Crippen LogP) is 2.12. The molecule has 1 aromatic carbocycles. The number of rotatable bonds is 1. The highest BCUT2D eigenvalue weighted by Gasteiger charge is 2.07. The van der Waals surface area contributed by atoms with Crippen LogP contribution in [-0.2, 0) is 0 Å². The third-order valence-corrected chi connectivity index (χ3v) is 2.85. The molecule has 16 heavy (non-hydrogen) atoms. The van der Waals surface area contributed by atoms with Gasteiger partial charge in [-0.2, -0.15) is 5.26 Å². The summed E-state index contributed by atoms with van der Waals surface area (Å²) >= 11 is 0. The predicted molar refractivity (Wildman–Crippen MR) is 65.7 cm³/mol. The Morgan fingerprint density at radius 3 is 2.69 bits per heavy atom. The van der Waals surface area contributed by atoms with E-state index in [2.05, 4.69) is 12.1 Å². The molecule has 0 unspecified atom stereocenters. The van der Waals surface area contributed by atoms with Gasteiger partial charge in [0.25, 0.3) is 0 Å². The first kappa shape index (κ1) is 11.0. The summed E-state index contributed by atoms with van der Waals surface area (Å²) in [5, 5.41) is 8.73. The van der Waals surface area contributed by atoms with Crippen LogP contribution in [-0.4, -0.2) is 25.9 Å². The number of nitrogens with zero attached hydrogens (tertiary/aromatic N) is 2. The van der Waals surface area contributed by atoms with E-state index >= 15 is 0 Å². The van der Waals surface area contributed by atoms with Crippen LogP contribution in [0.2, 0.25) is 0 Å². The summed E-state index contributed by atoms with van der Waals surface area (Å²) in [6, 6.07) is 9.87. The molecule has 78 valence electrons. The maximum atomic E-state index is 8.73. The van der Waals surface area contributed by atoms with Crippen molar-refractivity contribution in [3.63, 3.8) is 0 Å². The van der Waals surface area contributed by atoms with Crippen molar-refractivity contribution < 1.29 is 0 Å². The molecule has 0 amide bonds. The van der Waals surface area contributed by atoms with Crippen LogP contribution in [0.1, 0.15) is 24.0 Å². The first-order valence-corrected chi connectivity index (χ1v) is 5.49. The van der Waals surface area contributed by atoms with Gasteiger partial charge in [0, 0.05) is 6.54 Å². The minimum atomic E-state index is 0.707. The van der Waals surface area contributed by atoms with Crippen LogP contribution in [0.3, 0.4) is 0 Å². The zero-order valence-electron chi connectivity index (χ0n) is 9.19. The molecule has 0 N–H and O–H groups in total. The SMILES string of the molecule is [B]N1CC=C(c2ccc(C#N)cc2)CCC1. The van der Waals surface area contributed by atoms with Gasteiger partial charge in [-0.05, 0) is 42.7 Å². The molecule has 0 fully saturated rings. The largest absolute Gasteiger partial charge is 0.350 e. The summed E-state index contributed by atoms with van der Waals surface area (Å²) in [4.78, 5) is 1.83. The molecule has 2 radical (unpaired) electrons. The summed E-state index contributed by atoms with van der Waals surface area (Å²) in [6.45, 7) is 1.74. The Balaban J connectivity index is 2.20. The number of nitriles is 1. The van der Waals surface area contributed by atoms with Crippen LogP contribution in [0.25, 0.3) is 5.57 Å². The molecular weight excluding hydrogens is 195 g/mol. The maximum Gasteiger partial charge on any atom is 0.182 e. The van der Waals surface area contributed by atoms with Gasteiger partial charge in [-0.3, -0.25) is 0 Å². The minimum absolute atomic E-state index is 0.707. The highest BCUT2D eigenvalue weighted by molar-refractivity contribution is 6.04. The third-order valence-electron chi connectivity index (χ3n) is 2.85. The topological polar surface area (TPSA) is 27.0 Å². The molecule has 0 saturated heterocycles. The van der Waals surface area contributed by atoms with E-state index in [1.807, 2.05) is 29.1 Å². The molecule has 2 rings (SSSR count). The van der Waals surface area contributed by atoms with E-state index in [-0.39, 0.29) is 0 Å². The molecule has 3 heteroatoms. The minimum Gasteiger partial charge on any atom is -0.350 e. The van der Waals surface area contributed by atoms with Crippen molar-refractivity contribution in [2.24, 2.45) is 0 Å². The number of hydrogen-bond donors (Lipinski definition) is 0. The Hall–Kier alpha value is -1.53. The van der Waals surface area contributed by atoms with E-state index in [9.17, 15) is 0 Å². The van der Waals surface area contributed by atoms with Gasteiger partial charge in [0.1, 0.15) is 0 Å². The number of benzene rings is 1. The van der Waals surface area contributed by atoms with Crippen LogP contribution in [0.15, 0.2) is 30.3 Å². The van der Waals surface area contributed by atoms with Gasteiger partial charge >= 0.3 is 0 Å². The Labute approximate surface area is 97.6 Å². The second kappa shape index (κ2) is 5.00. The van der Waals surface area contributed by atoms with Gasteiger partial charge < -0.3 is 4.81 Å². The smallest absolute Gasteiger partial charge is 0.182 e. The van der Waals surface area contributed by atoms with Crippen LogP contribution in [0.5, 0.6) is 0 Å². The standard InChI is InChI=1S/C13H13BN2/c14-16-8-1-2-12(7-9-16)13-5-3-11(10-15)4-6-13/h3-7H,1-2,8-9H2. The third kappa shape index (κ3) is 2.53. The van der Waals surface area contributed by atoms with Gasteiger partial charge in [-0.25, -0.2) is 0 Å². The van der Waals surface area contributed by atoms with E-state index in [0.29, 0.717) is 5.56 Å². The fourth-order valence-corrected chi connectivity index (χ4v) is 1.91. The molecule has 1 aromatic rings. The van der Waals surface area contributed by atoms with Crippen molar-refractivity contribution in [2.45, 2.75) is 12.8 Å². The highest BCUT2D eigenvalue weighted by Crippen LogP contribution is 2.22. The lowest BCUT2D eigenvalue weighted by molar-refractivity contribution is 0.498. The number of hydrogen-bond acceptors (Lipinski definition) is 2. The van der Waals surface area contributed by atoms with Crippen LogP contribution in [0.4, 0.5) is 0 Å². The summed E-state index contributed by atoms with van der Waals surface area (Å²) in [5.41, 5.74) is 3.24. The molecule has 0 aromatic heterocycles. The molecule has 0 bridgehead atoms. The Kier molecular flexibility index (Phi) is 3.43. The lowest BCUT2D eigenvalue weighted by atomic mass is 10.0. The van der Waals surface area contributed by atoms with Crippen molar-refractivity contribution in [3.8, 4) is 6.07 Å². The molecule has 1 aliphatic rings. The monoisotopic (exact) mass is 208 g/mol. The van der Waals surface area contributed by atoms with Crippen molar-refractivity contribution in [1.82, 2.24) is 4.81 Å². The van der Waals surface area contributed by atoms with Gasteiger partial charge in [0.15, 0.2) is 7.98 Å². The molecule has 0 aliphatic carbocycles. The Morgan fingerprint density at radius 2 is 2.00 bits per heavy atom. The fraction of sp³-hybridized carbons (Fsp3) is 0.308. The highest BCUT2D eigenvalue weighted by atomic mass is 15.0. The zero-order chi connectivity index (χ0) is 11.4. The fourth-order valence-electron chi connectivity index (χ4n) is 1.91. The molecule has 0 atom stereocenters. The molecule has 1 aliphatic heterocycles. The quantitative estimate of drug-likeness (QED) is 0.661. The molecule has 2 nitrogen and oxygen atoms in total. The van der Waals surface area contributed by atoms with Crippen molar-refractivity contribution in [2.75, 3.05) is 13.1 Å². The second-order valence-corrected chi connectivity index (χ2v) is 4.02. The lowest BCUT2D eigenvalue weighted by Crippen LogP contribution is -2.19. The lowest BCUT2D eigenvalue weighted by Gasteiger charge is -2.10. The molecule has 0 saturated carbocycles. The molecule has 0 spiro atoms. The normalized spacial score (nSPS) is 17.3. The summed E-state index contributed by atoms with van der Waals surface area (Å²) < 4.78 is 0. The van der Waals surface area contributed by atoms with Crippen molar-refractivity contribution >= 4 is 13.6 Å². The number of allylic oxidation sites excluding steroid dienone is 1. The molecular formula is C13H13BN2. The van der Waals surface area contributed by atoms with Gasteiger partial charge in [-0.15, -0.1) is 0 Å². The first-order chi connectivity index (χ1) is 7.79. The average Bonchev–Trinajstić information content (AvgIpc) is 2.54. The maximum absolute atomic E-state index is 8.73. The van der Waals surface area contributed by atoms with E-state index in [1.54, 1.807) is 0 Å². The van der Waals surface area contributed by atoms with Crippen LogP contribution >= 0.6 is 0 Å². The Bertz CT molecular complexity index is 428. The zero-order valence-corrected chi connectivity index (χ0v) is 9.19. The second-order valence-electron chi connectivity index (χ2n) is 4.02. The average molecular weight is 208 g/mol. The van der Waals surface area contributed by atoms with E-state index in [1.165, 1.54) is 11.1 Å². The van der Waals surface area contributed by atoms with E-state index in [4.69, 9.17) is 13.2 Å².